The van der Waals surface area contributed by atoms with Crippen LogP contribution in [0, 0.1) is 0 Å². The number of amides is 1. The maximum atomic E-state index is 12.5. The van der Waals surface area contributed by atoms with Crippen LogP contribution < -0.4 is 5.32 Å². The molecule has 0 radical (unpaired) electrons. The summed E-state index contributed by atoms with van der Waals surface area (Å²) in [7, 11) is 0. The molecule has 142 valence electrons. The molecular formula is C20H19N5O2S. The van der Waals surface area contributed by atoms with Crippen LogP contribution in [-0.4, -0.2) is 44.2 Å². The number of nitrogens with one attached hydrogen (secondary N) is 1. The number of rotatable bonds is 4. The van der Waals surface area contributed by atoms with Gasteiger partial charge in [0.15, 0.2) is 11.5 Å². The SMILES string of the molecule is O=C(CN1CCC(c2nc3ccccc3o2)CC1)Nc1cccc2nsnc12. The molecule has 0 bridgehead atoms. The van der Waals surface area contributed by atoms with Gasteiger partial charge in [0.25, 0.3) is 0 Å². The minimum absolute atomic E-state index is 0.0270. The van der Waals surface area contributed by atoms with E-state index in [1.807, 2.05) is 42.5 Å². The summed E-state index contributed by atoms with van der Waals surface area (Å²) in [5, 5.41) is 2.97. The number of nitrogens with zero attached hydrogens (tertiary/aromatic N) is 4. The van der Waals surface area contributed by atoms with Gasteiger partial charge in [0.1, 0.15) is 16.6 Å². The van der Waals surface area contributed by atoms with Crippen molar-refractivity contribution >= 4 is 45.5 Å². The predicted octanol–water partition coefficient (Wildman–Crippen LogP) is 3.65. The van der Waals surface area contributed by atoms with E-state index in [0.717, 1.165) is 71.4 Å². The summed E-state index contributed by atoms with van der Waals surface area (Å²) in [6.07, 6.45) is 1.87. The number of piperidine rings is 1. The van der Waals surface area contributed by atoms with Crippen LogP contribution in [0.2, 0.25) is 0 Å². The van der Waals surface area contributed by atoms with Gasteiger partial charge in [-0.1, -0.05) is 18.2 Å². The van der Waals surface area contributed by atoms with Crippen LogP contribution in [0.5, 0.6) is 0 Å². The van der Waals surface area contributed by atoms with Gasteiger partial charge >= 0.3 is 0 Å². The van der Waals surface area contributed by atoms with E-state index < -0.39 is 0 Å². The van der Waals surface area contributed by atoms with Crippen molar-refractivity contribution in [1.82, 2.24) is 18.6 Å². The molecular weight excluding hydrogens is 374 g/mol. The largest absolute Gasteiger partial charge is 0.440 e. The van der Waals surface area contributed by atoms with Crippen molar-refractivity contribution in [3.8, 4) is 0 Å². The second-order valence-electron chi connectivity index (χ2n) is 7.06. The van der Waals surface area contributed by atoms with Crippen LogP contribution in [0.1, 0.15) is 24.7 Å². The Kier molecular flexibility index (Phi) is 4.50. The average molecular weight is 393 g/mol. The van der Waals surface area contributed by atoms with Gasteiger partial charge in [0, 0.05) is 5.92 Å². The van der Waals surface area contributed by atoms with Gasteiger partial charge in [-0.2, -0.15) is 8.75 Å². The number of hydrogen-bond donors (Lipinski definition) is 1. The molecule has 0 atom stereocenters. The standard InChI is InChI=1S/C20H19N5O2S/c26-18(21-15-5-3-6-16-19(15)24-28-23-16)12-25-10-8-13(9-11-25)20-22-14-4-1-2-7-17(14)27-20/h1-7,13H,8-12H2,(H,21,26). The molecule has 5 rings (SSSR count). The normalized spacial score (nSPS) is 16.0. The third-order valence-electron chi connectivity index (χ3n) is 5.17. The molecule has 0 saturated carbocycles. The van der Waals surface area contributed by atoms with E-state index in [2.05, 4.69) is 23.9 Å². The van der Waals surface area contributed by atoms with E-state index in [1.165, 1.54) is 0 Å². The molecule has 1 aliphatic rings. The Morgan fingerprint density at radius 2 is 1.93 bits per heavy atom. The number of para-hydroxylation sites is 2. The van der Waals surface area contributed by atoms with Crippen LogP contribution >= 0.6 is 11.7 Å². The van der Waals surface area contributed by atoms with Gasteiger partial charge in [0.05, 0.1) is 24.0 Å². The van der Waals surface area contributed by atoms with Gasteiger partial charge in [-0.3, -0.25) is 9.69 Å². The lowest BCUT2D eigenvalue weighted by atomic mass is 9.97. The first-order chi connectivity index (χ1) is 13.8. The summed E-state index contributed by atoms with van der Waals surface area (Å²) >= 11 is 1.15. The number of aromatic nitrogens is 3. The summed E-state index contributed by atoms with van der Waals surface area (Å²) in [4.78, 5) is 19.3. The van der Waals surface area contributed by atoms with E-state index >= 15 is 0 Å². The lowest BCUT2D eigenvalue weighted by Crippen LogP contribution is -2.38. The van der Waals surface area contributed by atoms with Crippen molar-refractivity contribution in [3.05, 3.63) is 48.4 Å². The molecule has 1 fully saturated rings. The van der Waals surface area contributed by atoms with E-state index in [0.29, 0.717) is 12.5 Å². The van der Waals surface area contributed by atoms with E-state index in [-0.39, 0.29) is 5.91 Å². The summed E-state index contributed by atoms with van der Waals surface area (Å²) < 4.78 is 14.4. The van der Waals surface area contributed by atoms with Crippen LogP contribution in [0.4, 0.5) is 5.69 Å². The highest BCUT2D eigenvalue weighted by Gasteiger charge is 2.25. The molecule has 0 unspecified atom stereocenters. The minimum atomic E-state index is -0.0270. The van der Waals surface area contributed by atoms with Crippen molar-refractivity contribution in [2.75, 3.05) is 25.0 Å². The van der Waals surface area contributed by atoms with Crippen molar-refractivity contribution in [2.45, 2.75) is 18.8 Å². The monoisotopic (exact) mass is 393 g/mol. The summed E-state index contributed by atoms with van der Waals surface area (Å²) in [6, 6.07) is 13.5. The Balaban J connectivity index is 1.19. The fourth-order valence-corrected chi connectivity index (χ4v) is 4.25. The number of oxazole rings is 1. The number of fused-ring (bicyclic) bond motifs is 2. The molecule has 28 heavy (non-hydrogen) atoms. The molecule has 1 aliphatic heterocycles. The molecule has 2 aromatic carbocycles. The van der Waals surface area contributed by atoms with Gasteiger partial charge in [0.2, 0.25) is 5.91 Å². The zero-order chi connectivity index (χ0) is 18.9. The molecule has 7 nitrogen and oxygen atoms in total. The lowest BCUT2D eigenvalue weighted by molar-refractivity contribution is -0.117. The summed E-state index contributed by atoms with van der Waals surface area (Å²) in [5.41, 5.74) is 4.02. The average Bonchev–Trinajstić information content (AvgIpc) is 3.36. The third-order valence-corrected chi connectivity index (χ3v) is 5.72. The molecule has 8 heteroatoms. The summed E-state index contributed by atoms with van der Waals surface area (Å²) in [6.45, 7) is 2.06. The Hall–Kier alpha value is -2.84. The van der Waals surface area contributed by atoms with Gasteiger partial charge in [-0.25, -0.2) is 4.98 Å². The fraction of sp³-hybridized carbons (Fsp3) is 0.300. The Labute approximate surface area is 165 Å². The van der Waals surface area contributed by atoms with Crippen LogP contribution in [0.25, 0.3) is 22.1 Å². The predicted molar refractivity (Wildman–Crippen MR) is 108 cm³/mol. The topological polar surface area (TPSA) is 84.2 Å². The van der Waals surface area contributed by atoms with Gasteiger partial charge < -0.3 is 9.73 Å². The van der Waals surface area contributed by atoms with Crippen molar-refractivity contribution < 1.29 is 9.21 Å². The highest BCUT2D eigenvalue weighted by Crippen LogP contribution is 2.30. The highest BCUT2D eigenvalue weighted by molar-refractivity contribution is 7.00. The number of anilines is 1. The van der Waals surface area contributed by atoms with Crippen molar-refractivity contribution in [3.63, 3.8) is 0 Å². The van der Waals surface area contributed by atoms with Crippen LogP contribution in [0.15, 0.2) is 46.9 Å². The first-order valence-corrected chi connectivity index (χ1v) is 10.1. The molecule has 1 amide bonds. The van der Waals surface area contributed by atoms with E-state index in [9.17, 15) is 4.79 Å². The zero-order valence-electron chi connectivity index (χ0n) is 15.2. The molecule has 2 aromatic heterocycles. The molecule has 0 spiro atoms. The third kappa shape index (κ3) is 3.36. The second kappa shape index (κ2) is 7.29. The lowest BCUT2D eigenvalue weighted by Gasteiger charge is -2.29. The van der Waals surface area contributed by atoms with E-state index in [4.69, 9.17) is 4.42 Å². The number of benzene rings is 2. The van der Waals surface area contributed by atoms with Crippen LogP contribution in [-0.2, 0) is 4.79 Å². The maximum absolute atomic E-state index is 12.5. The smallest absolute Gasteiger partial charge is 0.238 e. The maximum Gasteiger partial charge on any atom is 0.238 e. The quantitative estimate of drug-likeness (QED) is 0.570. The summed E-state index contributed by atoms with van der Waals surface area (Å²) in [5.74, 6) is 1.09. The van der Waals surface area contributed by atoms with Crippen molar-refractivity contribution in [1.29, 1.82) is 0 Å². The van der Waals surface area contributed by atoms with Crippen LogP contribution in [0.3, 0.4) is 0 Å². The van der Waals surface area contributed by atoms with E-state index in [1.54, 1.807) is 0 Å². The number of carbonyl (C=O) groups is 1. The first kappa shape index (κ1) is 17.3. The molecule has 1 N–H and O–H groups in total. The Bertz CT molecular complexity index is 1100. The second-order valence-corrected chi connectivity index (χ2v) is 7.58. The fourth-order valence-electron chi connectivity index (χ4n) is 3.70. The Morgan fingerprint density at radius 1 is 1.11 bits per heavy atom. The first-order valence-electron chi connectivity index (χ1n) is 9.35. The molecule has 4 aromatic rings. The Morgan fingerprint density at radius 3 is 2.79 bits per heavy atom. The minimum Gasteiger partial charge on any atom is -0.440 e. The van der Waals surface area contributed by atoms with Gasteiger partial charge in [-0.05, 0) is 50.2 Å². The van der Waals surface area contributed by atoms with Crippen molar-refractivity contribution in [2.24, 2.45) is 0 Å². The number of likely N-dealkylation sites (tertiary alicyclic amines) is 1. The van der Waals surface area contributed by atoms with Gasteiger partial charge in [-0.15, -0.1) is 0 Å². The zero-order valence-corrected chi connectivity index (χ0v) is 16.0. The molecule has 0 aliphatic carbocycles. The molecule has 3 heterocycles. The number of hydrogen-bond acceptors (Lipinski definition) is 7. The number of carbonyl (C=O) groups excluding carboxylic acids is 1. The molecule has 1 saturated heterocycles. The highest BCUT2D eigenvalue weighted by atomic mass is 32.1.